The highest BCUT2D eigenvalue weighted by Gasteiger charge is 2.34. The summed E-state index contributed by atoms with van der Waals surface area (Å²) >= 11 is 0. The number of hydrogen-bond acceptors (Lipinski definition) is 3. The van der Waals surface area contributed by atoms with Gasteiger partial charge < -0.3 is 15.5 Å². The lowest BCUT2D eigenvalue weighted by molar-refractivity contribution is -0.143. The number of amides is 1. The fraction of sp³-hybridized carbons (Fsp3) is 0.600. The topological polar surface area (TPSA) is 60.0 Å². The van der Waals surface area contributed by atoms with E-state index in [1.165, 1.54) is 4.90 Å². The average molecular weight is 411 g/mol. The zero-order valence-electron chi connectivity index (χ0n) is 16.6. The summed E-state index contributed by atoms with van der Waals surface area (Å²) < 4.78 is 37.7. The average Bonchev–Trinajstić information content (AvgIpc) is 3.10. The Morgan fingerprint density at radius 3 is 2.83 bits per heavy atom. The number of benzene rings is 1. The van der Waals surface area contributed by atoms with Crippen LogP contribution in [0.2, 0.25) is 0 Å². The lowest BCUT2D eigenvalue weighted by Gasteiger charge is -2.29. The molecule has 6 nitrogen and oxygen atoms in total. The zero-order valence-corrected chi connectivity index (χ0v) is 16.6. The van der Waals surface area contributed by atoms with Crippen LogP contribution in [0.25, 0.3) is 0 Å². The van der Waals surface area contributed by atoms with Crippen LogP contribution < -0.4 is 15.5 Å². The molecule has 0 saturated carbocycles. The lowest BCUT2D eigenvalue weighted by Crippen LogP contribution is -2.46. The number of hydrogen-bond donors (Lipinski definition) is 2. The van der Waals surface area contributed by atoms with Crippen LogP contribution in [0.3, 0.4) is 0 Å². The molecule has 2 aliphatic rings. The first-order valence-electron chi connectivity index (χ1n) is 10.1. The Labute approximate surface area is 169 Å². The number of anilines is 1. The number of likely N-dealkylation sites (tertiary alicyclic amines) is 1. The van der Waals surface area contributed by atoms with Crippen LogP contribution in [-0.2, 0) is 11.2 Å². The van der Waals surface area contributed by atoms with E-state index in [4.69, 9.17) is 0 Å². The van der Waals surface area contributed by atoms with Crippen molar-refractivity contribution in [2.45, 2.75) is 38.4 Å². The van der Waals surface area contributed by atoms with Crippen molar-refractivity contribution in [2.75, 3.05) is 44.2 Å². The summed E-state index contributed by atoms with van der Waals surface area (Å²) in [6.07, 6.45) is -1.70. The van der Waals surface area contributed by atoms with E-state index < -0.39 is 12.7 Å². The molecule has 1 aromatic rings. The van der Waals surface area contributed by atoms with Gasteiger partial charge in [-0.2, -0.15) is 13.2 Å². The molecular weight excluding hydrogens is 383 g/mol. The van der Waals surface area contributed by atoms with Crippen molar-refractivity contribution in [2.24, 2.45) is 4.99 Å². The molecule has 0 aliphatic carbocycles. The fourth-order valence-electron chi connectivity index (χ4n) is 3.89. The Balaban J connectivity index is 1.58. The van der Waals surface area contributed by atoms with Crippen LogP contribution in [0, 0.1) is 0 Å². The highest BCUT2D eigenvalue weighted by Crippen LogP contribution is 2.26. The first-order valence-corrected chi connectivity index (χ1v) is 10.1. The molecule has 9 heteroatoms. The van der Waals surface area contributed by atoms with E-state index in [-0.39, 0.29) is 18.5 Å². The van der Waals surface area contributed by atoms with E-state index in [2.05, 4.69) is 15.6 Å². The van der Waals surface area contributed by atoms with Gasteiger partial charge in [-0.25, -0.2) is 4.99 Å². The van der Waals surface area contributed by atoms with Gasteiger partial charge in [0, 0.05) is 37.9 Å². The molecule has 0 bridgehead atoms. The summed E-state index contributed by atoms with van der Waals surface area (Å²) in [7, 11) is 0. The Morgan fingerprint density at radius 2 is 2.07 bits per heavy atom. The second-order valence-electron chi connectivity index (χ2n) is 7.45. The molecule has 160 valence electrons. The van der Waals surface area contributed by atoms with E-state index in [0.717, 1.165) is 24.1 Å². The fourth-order valence-corrected chi connectivity index (χ4v) is 3.89. The Morgan fingerprint density at radius 1 is 1.28 bits per heavy atom. The van der Waals surface area contributed by atoms with Gasteiger partial charge in [0.15, 0.2) is 5.96 Å². The van der Waals surface area contributed by atoms with Gasteiger partial charge in [0.2, 0.25) is 5.91 Å². The minimum atomic E-state index is -4.19. The maximum atomic E-state index is 12.7. The second kappa shape index (κ2) is 9.47. The van der Waals surface area contributed by atoms with Gasteiger partial charge in [0.1, 0.15) is 6.54 Å². The maximum Gasteiger partial charge on any atom is 0.401 e. The molecular formula is C20H28F3N5O. The van der Waals surface area contributed by atoms with Gasteiger partial charge in [0.25, 0.3) is 0 Å². The number of nitrogens with zero attached hydrogens (tertiary/aromatic N) is 3. The minimum absolute atomic E-state index is 0.0113. The largest absolute Gasteiger partial charge is 0.401 e. The van der Waals surface area contributed by atoms with E-state index in [1.54, 1.807) is 4.90 Å². The first kappa shape index (κ1) is 21.4. The first-order chi connectivity index (χ1) is 13.9. The monoisotopic (exact) mass is 411 g/mol. The number of aliphatic imine (C=N–C) groups is 1. The molecule has 0 aromatic heterocycles. The van der Waals surface area contributed by atoms with Gasteiger partial charge >= 0.3 is 6.18 Å². The molecule has 1 unspecified atom stereocenters. The molecule has 0 spiro atoms. The number of guanidine groups is 1. The number of halogens is 3. The van der Waals surface area contributed by atoms with Gasteiger partial charge in [-0.05, 0) is 37.8 Å². The number of carbonyl (C=O) groups excluding carboxylic acids is 1. The van der Waals surface area contributed by atoms with Crippen molar-refractivity contribution in [1.82, 2.24) is 15.5 Å². The molecule has 0 radical (unpaired) electrons. The molecule has 1 atom stereocenters. The second-order valence-corrected chi connectivity index (χ2v) is 7.45. The summed E-state index contributed by atoms with van der Waals surface area (Å²) in [4.78, 5) is 20.3. The van der Waals surface area contributed by atoms with Crippen LogP contribution in [-0.4, -0.2) is 68.3 Å². The predicted molar refractivity (Wildman–Crippen MR) is 107 cm³/mol. The molecule has 2 aliphatic heterocycles. The number of para-hydroxylation sites is 1. The number of carbonyl (C=O) groups is 1. The number of aryl methyl sites for hydroxylation is 1. The predicted octanol–water partition coefficient (Wildman–Crippen LogP) is 2.16. The van der Waals surface area contributed by atoms with E-state index in [9.17, 15) is 18.0 Å². The van der Waals surface area contributed by atoms with Crippen molar-refractivity contribution < 1.29 is 18.0 Å². The zero-order chi connectivity index (χ0) is 20.9. The van der Waals surface area contributed by atoms with Crippen LogP contribution >= 0.6 is 0 Å². The standard InChI is InChI=1S/C20H28F3N5O/c1-2-24-19(26-16-9-11-27(13-16)14-20(21,22)23)25-12-18(29)28-10-5-7-15-6-3-4-8-17(15)28/h3-4,6,8,16H,2,5,7,9-14H2,1H3,(H2,24,25,26). The highest BCUT2D eigenvalue weighted by atomic mass is 19.4. The summed E-state index contributed by atoms with van der Waals surface area (Å²) in [6.45, 7) is 2.96. The normalized spacial score (nSPS) is 20.5. The smallest absolute Gasteiger partial charge is 0.357 e. The molecule has 2 heterocycles. The van der Waals surface area contributed by atoms with Crippen molar-refractivity contribution >= 4 is 17.6 Å². The van der Waals surface area contributed by atoms with Gasteiger partial charge in [-0.1, -0.05) is 18.2 Å². The third-order valence-electron chi connectivity index (χ3n) is 5.14. The molecule has 1 aromatic carbocycles. The van der Waals surface area contributed by atoms with Gasteiger partial charge in [-0.3, -0.25) is 9.69 Å². The SMILES string of the molecule is CCNC(=NCC(=O)N1CCCc2ccccc21)NC1CCN(CC(F)(F)F)C1. The number of nitrogens with one attached hydrogen (secondary N) is 2. The third kappa shape index (κ3) is 6.09. The summed E-state index contributed by atoms with van der Waals surface area (Å²) in [6, 6.07) is 7.76. The van der Waals surface area contributed by atoms with Gasteiger partial charge in [0.05, 0.1) is 6.54 Å². The maximum absolute atomic E-state index is 12.7. The number of rotatable bonds is 5. The lowest BCUT2D eigenvalue weighted by atomic mass is 10.0. The number of fused-ring (bicyclic) bond motifs is 1. The van der Waals surface area contributed by atoms with Crippen LogP contribution in [0.1, 0.15) is 25.3 Å². The third-order valence-corrected chi connectivity index (χ3v) is 5.14. The Kier molecular flexibility index (Phi) is 7.00. The Hall–Kier alpha value is -2.29. The van der Waals surface area contributed by atoms with Gasteiger partial charge in [-0.15, -0.1) is 0 Å². The van der Waals surface area contributed by atoms with Crippen molar-refractivity contribution in [3.63, 3.8) is 0 Å². The van der Waals surface area contributed by atoms with Crippen molar-refractivity contribution in [1.29, 1.82) is 0 Å². The molecule has 1 saturated heterocycles. The number of alkyl halides is 3. The van der Waals surface area contributed by atoms with E-state index >= 15 is 0 Å². The highest BCUT2D eigenvalue weighted by molar-refractivity contribution is 5.97. The molecule has 1 amide bonds. The quantitative estimate of drug-likeness (QED) is 0.576. The molecule has 29 heavy (non-hydrogen) atoms. The summed E-state index contributed by atoms with van der Waals surface area (Å²) in [5.41, 5.74) is 2.10. The molecule has 2 N–H and O–H groups in total. The molecule has 3 rings (SSSR count). The minimum Gasteiger partial charge on any atom is -0.357 e. The summed E-state index contributed by atoms with van der Waals surface area (Å²) in [5.74, 6) is 0.379. The summed E-state index contributed by atoms with van der Waals surface area (Å²) in [5, 5.41) is 6.25. The van der Waals surface area contributed by atoms with Crippen LogP contribution in [0.4, 0.5) is 18.9 Å². The van der Waals surface area contributed by atoms with Crippen LogP contribution in [0.5, 0.6) is 0 Å². The van der Waals surface area contributed by atoms with Crippen molar-refractivity contribution in [3.05, 3.63) is 29.8 Å². The molecule has 1 fully saturated rings. The van der Waals surface area contributed by atoms with E-state index in [1.807, 2.05) is 31.2 Å². The van der Waals surface area contributed by atoms with E-state index in [0.29, 0.717) is 38.6 Å². The van der Waals surface area contributed by atoms with Crippen molar-refractivity contribution in [3.8, 4) is 0 Å². The van der Waals surface area contributed by atoms with Crippen LogP contribution in [0.15, 0.2) is 29.3 Å². The Bertz CT molecular complexity index is 737.